The zero-order valence-corrected chi connectivity index (χ0v) is 14.3. The van der Waals surface area contributed by atoms with Crippen molar-refractivity contribution in [3.63, 3.8) is 0 Å². The zero-order chi connectivity index (χ0) is 18.1. The molecule has 6 heteroatoms. The highest BCUT2D eigenvalue weighted by molar-refractivity contribution is 5.93. The van der Waals surface area contributed by atoms with Crippen molar-refractivity contribution in [3.05, 3.63) is 46.9 Å². The molecule has 0 unspecified atom stereocenters. The highest BCUT2D eigenvalue weighted by Gasteiger charge is 2.31. The van der Waals surface area contributed by atoms with Crippen LogP contribution in [0.4, 0.5) is 4.39 Å². The molecule has 0 saturated carbocycles. The van der Waals surface area contributed by atoms with Crippen LogP contribution in [0.1, 0.15) is 35.5 Å². The number of hydrogen-bond donors (Lipinski definition) is 2. The monoisotopic (exact) mass is 344 g/mol. The van der Waals surface area contributed by atoms with E-state index in [1.54, 1.807) is 6.07 Å². The molecule has 132 valence electrons. The van der Waals surface area contributed by atoms with Crippen LogP contribution in [0.3, 0.4) is 0 Å². The summed E-state index contributed by atoms with van der Waals surface area (Å²) in [6.07, 6.45) is 0.885. The van der Waals surface area contributed by atoms with Crippen molar-refractivity contribution in [1.29, 1.82) is 0 Å². The summed E-state index contributed by atoms with van der Waals surface area (Å²) in [6.45, 7) is 3.75. The molecule has 25 heavy (non-hydrogen) atoms. The summed E-state index contributed by atoms with van der Waals surface area (Å²) in [5, 5.41) is 9.45. The highest BCUT2D eigenvalue weighted by Crippen LogP contribution is 2.38. The lowest BCUT2D eigenvalue weighted by atomic mass is 9.88. The molecule has 1 amide bonds. The fraction of sp³-hybridized carbons (Fsp3) is 0.368. The van der Waals surface area contributed by atoms with E-state index in [0.717, 1.165) is 17.5 Å². The number of ether oxygens (including phenoxy) is 1. The van der Waals surface area contributed by atoms with Crippen molar-refractivity contribution < 1.29 is 19.0 Å². The van der Waals surface area contributed by atoms with Crippen molar-refractivity contribution in [2.24, 2.45) is 11.7 Å². The first-order chi connectivity index (χ1) is 11.9. The van der Waals surface area contributed by atoms with E-state index < -0.39 is 12.0 Å². The van der Waals surface area contributed by atoms with Gasteiger partial charge >= 0.3 is 0 Å². The van der Waals surface area contributed by atoms with Crippen LogP contribution in [0.15, 0.2) is 24.3 Å². The maximum Gasteiger partial charge on any atom is 0.267 e. The summed E-state index contributed by atoms with van der Waals surface area (Å²) >= 11 is 0. The summed E-state index contributed by atoms with van der Waals surface area (Å²) in [6, 6.07) is 6.58. The van der Waals surface area contributed by atoms with E-state index in [1.807, 2.05) is 19.9 Å². The van der Waals surface area contributed by atoms with Crippen LogP contribution in [0.2, 0.25) is 0 Å². The van der Waals surface area contributed by atoms with E-state index in [9.17, 15) is 14.3 Å². The number of hydrogen-bond acceptors (Lipinski definition) is 4. The van der Waals surface area contributed by atoms with Gasteiger partial charge in [0.15, 0.2) is 0 Å². The normalized spacial score (nSPS) is 19.2. The Kier molecular flexibility index (Phi) is 4.72. The molecule has 0 aliphatic carbocycles. The molecule has 3 N–H and O–H groups in total. The molecule has 0 saturated heterocycles. The average molecular weight is 344 g/mol. The van der Waals surface area contributed by atoms with Crippen molar-refractivity contribution in [2.45, 2.75) is 32.8 Å². The van der Waals surface area contributed by atoms with Crippen LogP contribution in [0.5, 0.6) is 5.88 Å². The lowest BCUT2D eigenvalue weighted by Crippen LogP contribution is -2.35. The standard InChI is InChI=1S/C19H21FN2O3/c1-3-11-4-5-12(15(20)7-11)13-8-16(18(21)24)22-19-14(13)6-10(2)17(9-23)25-19/h4-5,7-8,10,17,23H,3,6,9H2,1-2H3,(H2,21,24)/t10-,17-/m0/s1. The maximum atomic E-state index is 14.6. The van der Waals surface area contributed by atoms with Crippen molar-refractivity contribution in [2.75, 3.05) is 6.61 Å². The van der Waals surface area contributed by atoms with Crippen LogP contribution in [0, 0.1) is 11.7 Å². The Balaban J connectivity index is 2.19. The number of amides is 1. The van der Waals surface area contributed by atoms with Crippen molar-refractivity contribution in [3.8, 4) is 17.0 Å². The number of halogens is 1. The molecule has 0 spiro atoms. The van der Waals surface area contributed by atoms with Gasteiger partial charge in [0.1, 0.15) is 17.6 Å². The van der Waals surface area contributed by atoms with E-state index in [1.165, 1.54) is 12.1 Å². The second-order valence-electron chi connectivity index (χ2n) is 6.39. The Morgan fingerprint density at radius 3 is 2.76 bits per heavy atom. The average Bonchev–Trinajstić information content (AvgIpc) is 2.60. The van der Waals surface area contributed by atoms with Gasteiger partial charge in [-0.25, -0.2) is 9.37 Å². The minimum absolute atomic E-state index is 0.0129. The van der Waals surface area contributed by atoms with Gasteiger partial charge in [0.2, 0.25) is 5.88 Å². The number of aliphatic hydroxyl groups excluding tert-OH is 1. The van der Waals surface area contributed by atoms with Crippen LogP contribution in [0.25, 0.3) is 11.1 Å². The number of carbonyl (C=O) groups is 1. The molecule has 3 rings (SSSR count). The van der Waals surface area contributed by atoms with E-state index in [-0.39, 0.29) is 29.9 Å². The first kappa shape index (κ1) is 17.4. The van der Waals surface area contributed by atoms with Gasteiger partial charge in [-0.3, -0.25) is 4.79 Å². The Bertz CT molecular complexity index is 823. The number of pyridine rings is 1. The van der Waals surface area contributed by atoms with Gasteiger partial charge in [-0.2, -0.15) is 0 Å². The number of rotatable bonds is 4. The van der Waals surface area contributed by atoms with Gasteiger partial charge in [0.05, 0.1) is 6.61 Å². The topological polar surface area (TPSA) is 85.4 Å². The smallest absolute Gasteiger partial charge is 0.267 e. The summed E-state index contributed by atoms with van der Waals surface area (Å²) in [5.41, 5.74) is 7.95. The number of fused-ring (bicyclic) bond motifs is 1. The number of nitrogens with zero attached hydrogens (tertiary/aromatic N) is 1. The molecule has 2 aromatic rings. The number of carbonyl (C=O) groups excluding carboxylic acids is 1. The molecule has 0 fully saturated rings. The minimum Gasteiger partial charge on any atom is -0.471 e. The van der Waals surface area contributed by atoms with E-state index in [0.29, 0.717) is 17.5 Å². The molecular weight excluding hydrogens is 323 g/mol. The number of primary amides is 1. The first-order valence-corrected chi connectivity index (χ1v) is 8.34. The minimum atomic E-state index is -0.711. The van der Waals surface area contributed by atoms with Gasteiger partial charge < -0.3 is 15.6 Å². The highest BCUT2D eigenvalue weighted by atomic mass is 19.1. The molecule has 0 bridgehead atoms. The Morgan fingerprint density at radius 1 is 1.40 bits per heavy atom. The summed E-state index contributed by atoms with van der Waals surface area (Å²) in [7, 11) is 0. The van der Waals surface area contributed by atoms with Gasteiger partial charge in [-0.15, -0.1) is 0 Å². The predicted molar refractivity (Wildman–Crippen MR) is 91.9 cm³/mol. The van der Waals surface area contributed by atoms with E-state index in [4.69, 9.17) is 10.5 Å². The SMILES string of the molecule is CCc1ccc(-c2cc(C(N)=O)nc3c2C[C@H](C)[C@H](CO)O3)c(F)c1. The molecule has 1 aliphatic rings. The zero-order valence-electron chi connectivity index (χ0n) is 14.3. The fourth-order valence-corrected chi connectivity index (χ4v) is 3.14. The molecule has 2 heterocycles. The number of aliphatic hydroxyl groups is 1. The summed E-state index contributed by atoms with van der Waals surface area (Å²) < 4.78 is 20.4. The van der Waals surface area contributed by atoms with Crippen LogP contribution in [-0.4, -0.2) is 28.7 Å². The molecule has 1 aromatic carbocycles. The van der Waals surface area contributed by atoms with Gasteiger partial charge in [0.25, 0.3) is 5.91 Å². The second-order valence-corrected chi connectivity index (χ2v) is 6.39. The first-order valence-electron chi connectivity index (χ1n) is 8.34. The maximum absolute atomic E-state index is 14.6. The van der Waals surface area contributed by atoms with Gasteiger partial charge in [-0.1, -0.05) is 26.0 Å². The lowest BCUT2D eigenvalue weighted by molar-refractivity contribution is 0.0561. The summed E-state index contributed by atoms with van der Waals surface area (Å²) in [5.74, 6) is -0.796. The quantitative estimate of drug-likeness (QED) is 0.892. The van der Waals surface area contributed by atoms with Crippen LogP contribution in [-0.2, 0) is 12.8 Å². The summed E-state index contributed by atoms with van der Waals surface area (Å²) in [4.78, 5) is 15.8. The Hall–Kier alpha value is -2.47. The largest absolute Gasteiger partial charge is 0.471 e. The van der Waals surface area contributed by atoms with Gasteiger partial charge in [-0.05, 0) is 42.0 Å². The molecule has 1 aliphatic heterocycles. The third-order valence-corrected chi connectivity index (χ3v) is 4.67. The predicted octanol–water partition coefficient (Wildman–Crippen LogP) is 2.48. The van der Waals surface area contributed by atoms with Gasteiger partial charge in [0, 0.05) is 11.1 Å². The third-order valence-electron chi connectivity index (χ3n) is 4.67. The third kappa shape index (κ3) is 3.22. The number of aromatic nitrogens is 1. The number of aryl methyl sites for hydroxylation is 1. The van der Waals surface area contributed by atoms with Crippen molar-refractivity contribution >= 4 is 5.91 Å². The molecule has 5 nitrogen and oxygen atoms in total. The van der Waals surface area contributed by atoms with Crippen LogP contribution >= 0.6 is 0 Å². The Labute approximate surface area is 145 Å². The van der Waals surface area contributed by atoms with Crippen molar-refractivity contribution in [1.82, 2.24) is 4.98 Å². The second kappa shape index (κ2) is 6.80. The fourth-order valence-electron chi connectivity index (χ4n) is 3.14. The molecule has 0 radical (unpaired) electrons. The van der Waals surface area contributed by atoms with E-state index >= 15 is 0 Å². The van der Waals surface area contributed by atoms with E-state index in [2.05, 4.69) is 4.98 Å². The number of nitrogens with two attached hydrogens (primary N) is 1. The Morgan fingerprint density at radius 2 is 2.16 bits per heavy atom. The number of benzene rings is 1. The molecule has 2 atom stereocenters. The molecular formula is C19H21FN2O3. The lowest BCUT2D eigenvalue weighted by Gasteiger charge is -2.31. The van der Waals surface area contributed by atoms with Crippen LogP contribution < -0.4 is 10.5 Å². The molecule has 1 aromatic heterocycles.